The highest BCUT2D eigenvalue weighted by Gasteiger charge is 2.49. The van der Waals surface area contributed by atoms with E-state index >= 15 is 0 Å². The lowest BCUT2D eigenvalue weighted by Gasteiger charge is -2.46. The topological polar surface area (TPSA) is 186 Å². The second kappa shape index (κ2) is 19.1. The number of piperazine rings is 1. The highest BCUT2D eigenvalue weighted by Crippen LogP contribution is 2.46. The largest absolute Gasteiger partial charge is 0.494 e. The Hall–Kier alpha value is -6.10. The molecule has 5 aliphatic heterocycles. The monoisotopic (exact) mass is 1050 g/mol. The van der Waals surface area contributed by atoms with Crippen molar-refractivity contribution in [1.82, 2.24) is 30.1 Å². The van der Waals surface area contributed by atoms with Gasteiger partial charge in [0, 0.05) is 99.1 Å². The van der Waals surface area contributed by atoms with E-state index in [1.165, 1.54) is 5.56 Å². The number of hydrogen-bond acceptors (Lipinski definition) is 14. The summed E-state index contributed by atoms with van der Waals surface area (Å²) in [4.78, 5) is 77.0. The number of ether oxygens (including phenoxy) is 1. The Morgan fingerprint density at radius 3 is 2.34 bits per heavy atom. The molecule has 5 aromatic rings. The Morgan fingerprint density at radius 2 is 1.63 bits per heavy atom. The van der Waals surface area contributed by atoms with Crippen molar-refractivity contribution in [3.63, 3.8) is 0 Å². The molecule has 0 bridgehead atoms. The van der Waals surface area contributed by atoms with Crippen LogP contribution in [0.4, 0.5) is 40.2 Å². The number of hydrogen-bond donors (Lipinski definition) is 3. The molecular weight excluding hydrogens is 986 g/mol. The fourth-order valence-corrected chi connectivity index (χ4v) is 12.9. The third-order valence-corrected chi connectivity index (χ3v) is 17.2. The van der Waals surface area contributed by atoms with Gasteiger partial charge >= 0.3 is 0 Å². The van der Waals surface area contributed by atoms with Crippen molar-refractivity contribution in [3.8, 4) is 5.75 Å². The lowest BCUT2D eigenvalue weighted by atomic mass is 9.86. The summed E-state index contributed by atoms with van der Waals surface area (Å²) in [7, 11) is -1.06. The van der Waals surface area contributed by atoms with Gasteiger partial charge in [-0.15, -0.1) is 0 Å². The zero-order chi connectivity index (χ0) is 49.9. The first-order chi connectivity index (χ1) is 34.0. The standard InChI is InChI=1S/C52H61BrN11O6P/c1-7-31-24-39(57-51-55-27-37(53)47(59-51)56-40-28-54-38-11-9-8-10-35(38)46(40)71(5,6)69)44(70-4)26-42(31)61-18-16-33(17-19-61)60-20-22-62(23-21-60)49(67)32-29-63(30-32)34-12-13-36-43(25-34)64(50(68)52(36,2)3)41-14-15-45(65)58-48(41)66/h8-13,24-28,32-33,41H,7,14-23,29-30H2,1-6H3,(H,58,65,66)(H2,55,56,57,59). The number of rotatable bonds is 12. The predicted molar refractivity (Wildman–Crippen MR) is 282 cm³/mol. The van der Waals surface area contributed by atoms with Crippen LogP contribution in [0.2, 0.25) is 0 Å². The van der Waals surface area contributed by atoms with Crippen molar-refractivity contribution in [3.05, 3.63) is 82.6 Å². The third kappa shape index (κ3) is 9.23. The SMILES string of the molecule is CCc1cc(Nc2ncc(Br)c(Nc3cnc4ccccc4c3P(C)(C)=O)n2)c(OC)cc1N1CCC(N2CCN(C(=O)C3CN(c4ccc5c(c4)N(C4CCC(=O)NC4=O)C(=O)C5(C)C)C3)CC2)CC1. The molecule has 17 nitrogen and oxygen atoms in total. The molecule has 1 unspecified atom stereocenters. The van der Waals surface area contributed by atoms with E-state index in [1.807, 2.05) is 61.2 Å². The molecule has 0 aliphatic carbocycles. The average molecular weight is 1050 g/mol. The minimum absolute atomic E-state index is 0.0999. The molecule has 4 fully saturated rings. The molecule has 0 spiro atoms. The van der Waals surface area contributed by atoms with Gasteiger partial charge < -0.3 is 34.6 Å². The van der Waals surface area contributed by atoms with E-state index in [0.29, 0.717) is 77.3 Å². The molecule has 372 valence electrons. The third-order valence-electron chi connectivity index (χ3n) is 15.0. The number of fused-ring (bicyclic) bond motifs is 2. The summed E-state index contributed by atoms with van der Waals surface area (Å²) >= 11 is 3.60. The maximum atomic E-state index is 13.8. The van der Waals surface area contributed by atoms with Crippen LogP contribution in [0.15, 0.2) is 71.5 Å². The summed E-state index contributed by atoms with van der Waals surface area (Å²) in [6, 6.07) is 17.6. The number of imide groups is 1. The number of nitrogens with zero attached hydrogens (tertiary/aromatic N) is 8. The van der Waals surface area contributed by atoms with Gasteiger partial charge in [-0.3, -0.25) is 39.3 Å². The maximum Gasteiger partial charge on any atom is 0.249 e. The van der Waals surface area contributed by atoms with E-state index in [-0.39, 0.29) is 30.1 Å². The number of para-hydroxylation sites is 1. The number of aryl methyl sites for hydroxylation is 1. The van der Waals surface area contributed by atoms with Crippen LogP contribution in [0.25, 0.3) is 10.9 Å². The average Bonchev–Trinajstić information content (AvgIpc) is 3.54. The molecule has 1 atom stereocenters. The maximum absolute atomic E-state index is 13.8. The van der Waals surface area contributed by atoms with E-state index in [4.69, 9.17) is 9.72 Å². The predicted octanol–water partition coefficient (Wildman–Crippen LogP) is 6.77. The van der Waals surface area contributed by atoms with Crippen molar-refractivity contribution in [2.24, 2.45) is 5.92 Å². The first-order valence-electron chi connectivity index (χ1n) is 24.6. The van der Waals surface area contributed by atoms with Crippen LogP contribution in [0, 0.1) is 5.92 Å². The second-order valence-corrected chi connectivity index (χ2v) is 24.2. The van der Waals surface area contributed by atoms with Crippen molar-refractivity contribution in [2.75, 3.05) is 98.1 Å². The lowest BCUT2D eigenvalue weighted by Crippen LogP contribution is -2.59. The number of carbonyl (C=O) groups is 4. The zero-order valence-electron chi connectivity index (χ0n) is 41.1. The van der Waals surface area contributed by atoms with Crippen LogP contribution >= 0.6 is 23.1 Å². The van der Waals surface area contributed by atoms with Crippen LogP contribution in [0.5, 0.6) is 5.75 Å². The molecule has 0 radical (unpaired) electrons. The molecule has 5 aliphatic rings. The Bertz CT molecular complexity index is 3000. The van der Waals surface area contributed by atoms with Gasteiger partial charge in [0.25, 0.3) is 0 Å². The van der Waals surface area contributed by atoms with E-state index < -0.39 is 24.5 Å². The summed E-state index contributed by atoms with van der Waals surface area (Å²) < 4.78 is 20.2. The molecule has 4 amide bonds. The molecule has 7 heterocycles. The number of pyridine rings is 1. The molecular formula is C52H61BrN11O6P. The number of piperidine rings is 2. The van der Waals surface area contributed by atoms with Crippen LogP contribution in [0.3, 0.4) is 0 Å². The smallest absolute Gasteiger partial charge is 0.249 e. The number of benzene rings is 3. The van der Waals surface area contributed by atoms with Gasteiger partial charge in [-0.2, -0.15) is 4.98 Å². The normalized spacial score (nSPS) is 20.0. The van der Waals surface area contributed by atoms with Crippen molar-refractivity contribution in [2.45, 2.75) is 70.4 Å². The molecule has 4 saturated heterocycles. The number of nitrogens with one attached hydrogen (secondary N) is 3. The van der Waals surface area contributed by atoms with Crippen molar-refractivity contribution in [1.29, 1.82) is 0 Å². The van der Waals surface area contributed by atoms with Gasteiger partial charge in [0.2, 0.25) is 29.6 Å². The molecule has 71 heavy (non-hydrogen) atoms. The first-order valence-corrected chi connectivity index (χ1v) is 28.0. The minimum atomic E-state index is -2.73. The fraction of sp³-hybridized carbons (Fsp3) is 0.442. The molecule has 3 aromatic carbocycles. The second-order valence-electron chi connectivity index (χ2n) is 20.2. The number of halogens is 1. The van der Waals surface area contributed by atoms with Gasteiger partial charge in [-0.25, -0.2) is 4.98 Å². The van der Waals surface area contributed by atoms with E-state index in [2.05, 4.69) is 75.6 Å². The number of amides is 4. The molecule has 2 aromatic heterocycles. The van der Waals surface area contributed by atoms with Crippen LogP contribution in [-0.2, 0) is 35.6 Å². The van der Waals surface area contributed by atoms with Crippen molar-refractivity contribution >= 4 is 103 Å². The summed E-state index contributed by atoms with van der Waals surface area (Å²) in [6.07, 6.45) is 6.72. The Morgan fingerprint density at radius 1 is 0.887 bits per heavy atom. The lowest BCUT2D eigenvalue weighted by molar-refractivity contribution is -0.138. The van der Waals surface area contributed by atoms with E-state index in [0.717, 1.165) is 79.0 Å². The van der Waals surface area contributed by atoms with Gasteiger partial charge in [-0.1, -0.05) is 31.2 Å². The molecule has 10 rings (SSSR count). The first kappa shape index (κ1) is 48.5. The molecule has 0 saturated carbocycles. The zero-order valence-corrected chi connectivity index (χ0v) is 43.6. The quantitative estimate of drug-likeness (QED) is 0.0878. The van der Waals surface area contributed by atoms with Gasteiger partial charge in [0.05, 0.1) is 51.7 Å². The number of aromatic nitrogens is 3. The molecule has 3 N–H and O–H groups in total. The van der Waals surface area contributed by atoms with Gasteiger partial charge in [-0.05, 0) is 104 Å². The number of methoxy groups -OCH3 is 1. The number of carbonyl (C=O) groups excluding carboxylic acids is 4. The summed E-state index contributed by atoms with van der Waals surface area (Å²) in [5, 5.41) is 10.7. The van der Waals surface area contributed by atoms with E-state index in [1.54, 1.807) is 37.7 Å². The summed E-state index contributed by atoms with van der Waals surface area (Å²) in [5.74, 6) is 0.739. The van der Waals surface area contributed by atoms with Crippen LogP contribution in [0.1, 0.15) is 57.6 Å². The van der Waals surface area contributed by atoms with Gasteiger partial charge in [0.1, 0.15) is 24.8 Å². The van der Waals surface area contributed by atoms with Gasteiger partial charge in [0.15, 0.2) is 0 Å². The summed E-state index contributed by atoms with van der Waals surface area (Å²) in [5.41, 5.74) is 6.17. The van der Waals surface area contributed by atoms with Crippen molar-refractivity contribution < 1.29 is 28.5 Å². The Balaban J connectivity index is 0.735. The molecule has 19 heteroatoms. The highest BCUT2D eigenvalue weighted by atomic mass is 79.9. The Labute approximate surface area is 422 Å². The van der Waals surface area contributed by atoms with Crippen LogP contribution in [-0.4, -0.2) is 133 Å². The fourth-order valence-electron chi connectivity index (χ4n) is 11.1. The summed E-state index contributed by atoms with van der Waals surface area (Å²) in [6.45, 7) is 15.5. The Kier molecular flexibility index (Phi) is 13.1. The van der Waals surface area contributed by atoms with Crippen LogP contribution < -0.4 is 40.7 Å². The van der Waals surface area contributed by atoms with E-state index in [9.17, 15) is 23.7 Å². The number of anilines is 7. The minimum Gasteiger partial charge on any atom is -0.494 e. The highest BCUT2D eigenvalue weighted by molar-refractivity contribution is 9.10.